The maximum atomic E-state index is 12.0. The van der Waals surface area contributed by atoms with Gasteiger partial charge in [0.25, 0.3) is 0 Å². The fraction of sp³-hybridized carbons (Fsp3) is 0.474. The Kier molecular flexibility index (Phi) is 5.16. The van der Waals surface area contributed by atoms with Gasteiger partial charge in [-0.1, -0.05) is 0 Å². The highest BCUT2D eigenvalue weighted by Gasteiger charge is 2.36. The molecule has 0 radical (unpaired) electrons. The largest absolute Gasteiger partial charge is 0.447 e. The Hall–Kier alpha value is -2.90. The van der Waals surface area contributed by atoms with E-state index in [-0.39, 0.29) is 12.2 Å². The van der Waals surface area contributed by atoms with Crippen LogP contribution in [0.5, 0.6) is 0 Å². The number of carbonyl (C=O) groups excluding carboxylic acids is 2. The number of fused-ring (bicyclic) bond motifs is 1. The molecule has 8 nitrogen and oxygen atoms in total. The zero-order valence-electron chi connectivity index (χ0n) is 16.0. The average molecular weight is 373 g/mol. The molecule has 0 aromatic carbocycles. The van der Waals surface area contributed by atoms with Crippen molar-refractivity contribution in [2.24, 2.45) is 5.73 Å². The van der Waals surface area contributed by atoms with E-state index in [9.17, 15) is 9.59 Å². The third-order valence-electron chi connectivity index (χ3n) is 4.83. The summed E-state index contributed by atoms with van der Waals surface area (Å²) in [6, 6.07) is 0. The second kappa shape index (κ2) is 7.38. The SMILES string of the molecule is CC(C)OC(=O)N1CCN(C2=CNC3(C)NC=C(/C=C/C(N)=O)C3=C2)CC1. The van der Waals surface area contributed by atoms with Crippen LogP contribution in [-0.2, 0) is 9.53 Å². The third kappa shape index (κ3) is 4.10. The Labute approximate surface area is 159 Å². The van der Waals surface area contributed by atoms with Crippen molar-refractivity contribution in [2.45, 2.75) is 32.5 Å². The van der Waals surface area contributed by atoms with Crippen LogP contribution in [0, 0.1) is 0 Å². The van der Waals surface area contributed by atoms with E-state index < -0.39 is 11.6 Å². The first-order chi connectivity index (χ1) is 12.8. The molecular formula is C19H27N5O3. The van der Waals surface area contributed by atoms with Gasteiger partial charge in [-0.25, -0.2) is 4.79 Å². The van der Waals surface area contributed by atoms with Gasteiger partial charge in [-0.2, -0.15) is 0 Å². The second-order valence-corrected chi connectivity index (χ2v) is 7.28. The fourth-order valence-electron chi connectivity index (χ4n) is 3.34. The number of carbonyl (C=O) groups is 2. The minimum absolute atomic E-state index is 0.114. The van der Waals surface area contributed by atoms with Gasteiger partial charge in [0, 0.05) is 50.2 Å². The Morgan fingerprint density at radius 2 is 1.89 bits per heavy atom. The molecule has 8 heteroatoms. The molecule has 1 fully saturated rings. The van der Waals surface area contributed by atoms with Crippen molar-refractivity contribution in [3.8, 4) is 0 Å². The summed E-state index contributed by atoms with van der Waals surface area (Å²) in [5.74, 6) is -0.478. The van der Waals surface area contributed by atoms with E-state index in [1.807, 2.05) is 33.2 Å². The number of hydrogen-bond acceptors (Lipinski definition) is 6. The van der Waals surface area contributed by atoms with Crippen LogP contribution in [0.4, 0.5) is 4.79 Å². The Morgan fingerprint density at radius 3 is 2.52 bits per heavy atom. The standard InChI is InChI=1S/C19H27N5O3/c1-13(2)27-18(26)24-8-6-23(7-9-24)15-10-16-14(4-5-17(20)25)11-21-19(16,3)22-12-15/h4-5,10-13,21-22H,6-9H2,1-3H3,(H2,20,25)/b5-4+. The lowest BCUT2D eigenvalue weighted by Gasteiger charge is -2.39. The number of nitrogens with one attached hydrogen (secondary N) is 2. The molecule has 0 aromatic rings. The molecule has 1 saturated heterocycles. The van der Waals surface area contributed by atoms with Crippen molar-refractivity contribution in [1.29, 1.82) is 0 Å². The first-order valence-electron chi connectivity index (χ1n) is 9.15. The lowest BCUT2D eigenvalue weighted by atomic mass is 9.94. The first-order valence-corrected chi connectivity index (χ1v) is 9.15. The van der Waals surface area contributed by atoms with Crippen LogP contribution in [-0.4, -0.2) is 59.7 Å². The zero-order valence-corrected chi connectivity index (χ0v) is 16.0. The molecule has 0 saturated carbocycles. The van der Waals surface area contributed by atoms with Crippen molar-refractivity contribution >= 4 is 12.0 Å². The van der Waals surface area contributed by atoms with E-state index >= 15 is 0 Å². The van der Waals surface area contributed by atoms with Gasteiger partial charge in [-0.3, -0.25) is 4.79 Å². The van der Waals surface area contributed by atoms with Gasteiger partial charge in [-0.15, -0.1) is 0 Å². The molecule has 27 heavy (non-hydrogen) atoms. The van der Waals surface area contributed by atoms with E-state index in [0.29, 0.717) is 13.1 Å². The van der Waals surface area contributed by atoms with Gasteiger partial charge < -0.3 is 30.9 Å². The van der Waals surface area contributed by atoms with Crippen LogP contribution < -0.4 is 16.4 Å². The highest BCUT2D eigenvalue weighted by atomic mass is 16.6. The summed E-state index contributed by atoms with van der Waals surface area (Å²) in [6.45, 7) is 8.42. The van der Waals surface area contributed by atoms with Crippen LogP contribution in [0.25, 0.3) is 0 Å². The number of amides is 2. The van der Waals surface area contributed by atoms with Crippen LogP contribution >= 0.6 is 0 Å². The molecule has 0 aliphatic carbocycles. The molecule has 3 aliphatic rings. The smallest absolute Gasteiger partial charge is 0.410 e. The number of dihydropyridines is 1. The first kappa shape index (κ1) is 18.9. The van der Waals surface area contributed by atoms with E-state index in [2.05, 4.69) is 21.6 Å². The van der Waals surface area contributed by atoms with Crippen LogP contribution in [0.3, 0.4) is 0 Å². The quantitative estimate of drug-likeness (QED) is 0.630. The molecule has 146 valence electrons. The molecule has 3 heterocycles. The summed E-state index contributed by atoms with van der Waals surface area (Å²) in [5, 5.41) is 6.69. The van der Waals surface area contributed by atoms with Gasteiger partial charge in [0.2, 0.25) is 5.91 Å². The minimum Gasteiger partial charge on any atom is -0.447 e. The van der Waals surface area contributed by atoms with Gasteiger partial charge in [-0.05, 0) is 38.5 Å². The molecule has 3 aliphatic heterocycles. The second-order valence-electron chi connectivity index (χ2n) is 7.28. The molecule has 1 atom stereocenters. The monoisotopic (exact) mass is 373 g/mol. The fourth-order valence-corrected chi connectivity index (χ4v) is 3.34. The predicted octanol–water partition coefficient (Wildman–Crippen LogP) is 0.765. The molecule has 0 bridgehead atoms. The number of rotatable bonds is 4. The number of nitrogens with two attached hydrogens (primary N) is 1. The third-order valence-corrected chi connectivity index (χ3v) is 4.83. The van der Waals surface area contributed by atoms with Gasteiger partial charge in [0.1, 0.15) is 5.66 Å². The van der Waals surface area contributed by atoms with Crippen molar-refractivity contribution in [3.05, 3.63) is 47.5 Å². The highest BCUT2D eigenvalue weighted by Crippen LogP contribution is 2.33. The molecule has 2 amide bonds. The minimum atomic E-state index is -0.478. The molecule has 1 unspecified atom stereocenters. The molecule has 4 N–H and O–H groups in total. The lowest BCUT2D eigenvalue weighted by Crippen LogP contribution is -2.53. The van der Waals surface area contributed by atoms with Crippen LogP contribution in [0.15, 0.2) is 47.5 Å². The van der Waals surface area contributed by atoms with Crippen LogP contribution in [0.2, 0.25) is 0 Å². The van der Waals surface area contributed by atoms with E-state index in [0.717, 1.165) is 29.9 Å². The van der Waals surface area contributed by atoms with Crippen molar-refractivity contribution in [2.75, 3.05) is 26.2 Å². The number of ether oxygens (including phenoxy) is 1. The average Bonchev–Trinajstić information content (AvgIpc) is 2.95. The predicted molar refractivity (Wildman–Crippen MR) is 102 cm³/mol. The normalized spacial score (nSPS) is 24.7. The summed E-state index contributed by atoms with van der Waals surface area (Å²) in [5.41, 5.74) is 7.79. The summed E-state index contributed by atoms with van der Waals surface area (Å²) < 4.78 is 5.27. The van der Waals surface area contributed by atoms with Crippen LogP contribution in [0.1, 0.15) is 20.8 Å². The number of primary amides is 1. The molecular weight excluding hydrogens is 346 g/mol. The van der Waals surface area contributed by atoms with Gasteiger partial charge >= 0.3 is 6.09 Å². The Balaban J connectivity index is 1.67. The molecule has 0 aromatic heterocycles. The Bertz CT molecular complexity index is 744. The summed E-state index contributed by atoms with van der Waals surface area (Å²) >= 11 is 0. The molecule has 0 spiro atoms. The van der Waals surface area contributed by atoms with Crippen molar-refractivity contribution in [1.82, 2.24) is 20.4 Å². The number of hydrogen-bond donors (Lipinski definition) is 3. The van der Waals surface area contributed by atoms with Gasteiger partial charge in [0.15, 0.2) is 0 Å². The summed E-state index contributed by atoms with van der Waals surface area (Å²) in [7, 11) is 0. The number of nitrogens with zero attached hydrogens (tertiary/aromatic N) is 2. The van der Waals surface area contributed by atoms with Crippen molar-refractivity contribution in [3.63, 3.8) is 0 Å². The van der Waals surface area contributed by atoms with E-state index in [1.54, 1.807) is 11.0 Å². The lowest BCUT2D eigenvalue weighted by molar-refractivity contribution is -0.113. The van der Waals surface area contributed by atoms with Gasteiger partial charge in [0.05, 0.1) is 11.8 Å². The molecule has 3 rings (SSSR count). The maximum absolute atomic E-state index is 12.0. The Morgan fingerprint density at radius 1 is 1.22 bits per heavy atom. The topological polar surface area (TPSA) is 99.9 Å². The maximum Gasteiger partial charge on any atom is 0.410 e. The number of allylic oxidation sites excluding steroid dienone is 2. The summed E-state index contributed by atoms with van der Waals surface area (Å²) in [4.78, 5) is 27.1. The van der Waals surface area contributed by atoms with Crippen molar-refractivity contribution < 1.29 is 14.3 Å². The van der Waals surface area contributed by atoms with E-state index in [1.165, 1.54) is 6.08 Å². The van der Waals surface area contributed by atoms with E-state index in [4.69, 9.17) is 10.5 Å². The summed E-state index contributed by atoms with van der Waals surface area (Å²) in [6.07, 6.45) is 8.66. The number of piperazine rings is 1. The zero-order chi connectivity index (χ0) is 19.6. The highest BCUT2D eigenvalue weighted by molar-refractivity contribution is 5.86.